The number of fused-ring (bicyclic) bond motifs is 3. The maximum absolute atomic E-state index is 11.6. The van der Waals surface area contributed by atoms with E-state index in [1.807, 2.05) is 0 Å². The lowest BCUT2D eigenvalue weighted by atomic mass is 9.38. The predicted molar refractivity (Wildman–Crippen MR) is 102 cm³/mol. The molecule has 0 aliphatic heterocycles. The van der Waals surface area contributed by atoms with Gasteiger partial charge in [-0.05, 0) is 85.4 Å². The van der Waals surface area contributed by atoms with E-state index in [-0.39, 0.29) is 0 Å². The number of ketones is 1. The molecule has 3 aliphatic carbocycles. The van der Waals surface area contributed by atoms with E-state index in [1.54, 1.807) is 6.92 Å². The van der Waals surface area contributed by atoms with Gasteiger partial charge in [0.25, 0.3) is 0 Å². The average molecular weight is 333 g/mol. The summed E-state index contributed by atoms with van der Waals surface area (Å²) in [5.74, 6) is 3.70. The first-order valence-electron chi connectivity index (χ1n) is 10.6. The summed E-state index contributed by atoms with van der Waals surface area (Å²) in [7, 11) is 0. The first kappa shape index (κ1) is 18.5. The Morgan fingerprint density at radius 3 is 2.29 bits per heavy atom. The molecule has 2 unspecified atom stereocenters. The zero-order valence-electron chi connectivity index (χ0n) is 17.1. The normalized spacial score (nSPS) is 47.6. The van der Waals surface area contributed by atoms with E-state index >= 15 is 0 Å². The van der Waals surface area contributed by atoms with E-state index in [0.29, 0.717) is 22.0 Å². The van der Waals surface area contributed by atoms with Crippen LogP contribution in [0.3, 0.4) is 0 Å². The predicted octanol–water partition coefficient (Wildman–Crippen LogP) is 6.65. The second-order valence-corrected chi connectivity index (χ2v) is 10.9. The number of rotatable bonds is 3. The van der Waals surface area contributed by atoms with Crippen LogP contribution in [-0.4, -0.2) is 5.78 Å². The maximum atomic E-state index is 11.6. The van der Waals surface area contributed by atoms with Crippen molar-refractivity contribution in [2.75, 3.05) is 0 Å². The number of carbonyl (C=O) groups excluding carboxylic acids is 1. The van der Waals surface area contributed by atoms with E-state index in [9.17, 15) is 4.79 Å². The monoisotopic (exact) mass is 332 g/mol. The van der Waals surface area contributed by atoms with E-state index in [2.05, 4.69) is 34.6 Å². The largest absolute Gasteiger partial charge is 0.300 e. The minimum atomic E-state index is 0.381. The molecular formula is C23H40O. The Hall–Kier alpha value is -0.330. The summed E-state index contributed by atoms with van der Waals surface area (Å²) in [5.41, 5.74) is 1.52. The van der Waals surface area contributed by atoms with Crippen LogP contribution < -0.4 is 0 Å². The Kier molecular flexibility index (Phi) is 4.72. The Balaban J connectivity index is 1.91. The second kappa shape index (κ2) is 6.13. The highest BCUT2D eigenvalue weighted by atomic mass is 16.1. The molecule has 3 saturated carbocycles. The summed E-state index contributed by atoms with van der Waals surface area (Å²) in [6, 6.07) is 0. The SMILES string of the molecule is CC(=O)CC[C@@H]1[C@@H](C)CCC2[C@@]3(C)CCCC(C)(C)C3CC[C@]21C. The van der Waals surface area contributed by atoms with Crippen molar-refractivity contribution in [2.45, 2.75) is 99.3 Å². The third-order valence-corrected chi connectivity index (χ3v) is 9.09. The van der Waals surface area contributed by atoms with Crippen molar-refractivity contribution in [3.05, 3.63) is 0 Å². The number of hydrogen-bond donors (Lipinski definition) is 0. The van der Waals surface area contributed by atoms with Gasteiger partial charge in [0.2, 0.25) is 0 Å². The highest BCUT2D eigenvalue weighted by molar-refractivity contribution is 5.75. The second-order valence-electron chi connectivity index (χ2n) is 10.9. The minimum Gasteiger partial charge on any atom is -0.300 e. The summed E-state index contributed by atoms with van der Waals surface area (Å²) >= 11 is 0. The van der Waals surface area contributed by atoms with Crippen LogP contribution in [0.5, 0.6) is 0 Å². The van der Waals surface area contributed by atoms with Crippen molar-refractivity contribution in [2.24, 2.45) is 39.9 Å². The first-order chi connectivity index (χ1) is 11.1. The smallest absolute Gasteiger partial charge is 0.129 e. The third-order valence-electron chi connectivity index (χ3n) is 9.09. The molecule has 0 radical (unpaired) electrons. The molecule has 0 amide bonds. The van der Waals surface area contributed by atoms with Crippen LogP contribution in [0.15, 0.2) is 0 Å². The van der Waals surface area contributed by atoms with Crippen LogP contribution in [0, 0.1) is 39.9 Å². The molecular weight excluding hydrogens is 292 g/mol. The summed E-state index contributed by atoms with van der Waals surface area (Å²) in [4.78, 5) is 11.6. The standard InChI is InChI=1S/C23H40O/c1-16-8-11-20-22(5,18(16)10-9-17(2)24)15-12-19-21(3,4)13-7-14-23(19,20)6/h16,18-20H,7-15H2,1-6H3/t16-,18+,19?,20?,22-,23-/m0/s1. The van der Waals surface area contributed by atoms with Crippen LogP contribution in [0.2, 0.25) is 0 Å². The van der Waals surface area contributed by atoms with Crippen LogP contribution in [0.1, 0.15) is 99.3 Å². The van der Waals surface area contributed by atoms with Crippen molar-refractivity contribution < 1.29 is 4.79 Å². The van der Waals surface area contributed by atoms with Gasteiger partial charge in [0.1, 0.15) is 5.78 Å². The van der Waals surface area contributed by atoms with E-state index < -0.39 is 0 Å². The molecule has 0 N–H and O–H groups in total. The Morgan fingerprint density at radius 1 is 0.917 bits per heavy atom. The van der Waals surface area contributed by atoms with E-state index in [1.165, 1.54) is 44.9 Å². The fourth-order valence-corrected chi connectivity index (χ4v) is 8.04. The molecule has 0 aromatic rings. The molecule has 0 aromatic carbocycles. The molecule has 0 bridgehead atoms. The van der Waals surface area contributed by atoms with Gasteiger partial charge in [0.05, 0.1) is 0 Å². The van der Waals surface area contributed by atoms with E-state index in [4.69, 9.17) is 0 Å². The lowest BCUT2D eigenvalue weighted by molar-refractivity contribution is -0.174. The molecule has 3 fully saturated rings. The van der Waals surface area contributed by atoms with Gasteiger partial charge in [-0.1, -0.05) is 47.5 Å². The zero-order valence-corrected chi connectivity index (χ0v) is 17.1. The van der Waals surface area contributed by atoms with Crippen molar-refractivity contribution in [3.63, 3.8) is 0 Å². The summed E-state index contributed by atoms with van der Waals surface area (Å²) in [6.45, 7) is 14.6. The fourth-order valence-electron chi connectivity index (χ4n) is 8.04. The number of carbonyl (C=O) groups is 1. The fraction of sp³-hybridized carbons (Fsp3) is 0.957. The van der Waals surface area contributed by atoms with Gasteiger partial charge >= 0.3 is 0 Å². The topological polar surface area (TPSA) is 17.1 Å². The van der Waals surface area contributed by atoms with Gasteiger partial charge in [-0.3, -0.25) is 0 Å². The van der Waals surface area contributed by atoms with Crippen molar-refractivity contribution >= 4 is 5.78 Å². The van der Waals surface area contributed by atoms with Gasteiger partial charge < -0.3 is 4.79 Å². The molecule has 1 nitrogen and oxygen atoms in total. The first-order valence-corrected chi connectivity index (χ1v) is 10.6. The number of hydrogen-bond acceptors (Lipinski definition) is 1. The minimum absolute atomic E-state index is 0.381. The molecule has 0 aromatic heterocycles. The Bertz CT molecular complexity index is 492. The molecule has 0 saturated heterocycles. The number of Topliss-reactive ketones (excluding diaryl/α,β-unsaturated/α-hetero) is 1. The highest BCUT2D eigenvalue weighted by Crippen LogP contribution is 2.69. The third kappa shape index (κ3) is 2.78. The Labute approximate surface area is 150 Å². The average Bonchev–Trinajstić information content (AvgIpc) is 2.44. The summed E-state index contributed by atoms with van der Waals surface area (Å²) < 4.78 is 0. The molecule has 1 heteroatoms. The molecule has 138 valence electrons. The summed E-state index contributed by atoms with van der Waals surface area (Å²) in [6.07, 6.45) is 11.8. The molecule has 6 atom stereocenters. The lowest BCUT2D eigenvalue weighted by Crippen LogP contribution is -2.59. The zero-order chi connectivity index (χ0) is 17.8. The maximum Gasteiger partial charge on any atom is 0.129 e. The van der Waals surface area contributed by atoms with Crippen LogP contribution in [0.25, 0.3) is 0 Å². The highest BCUT2D eigenvalue weighted by Gasteiger charge is 2.61. The van der Waals surface area contributed by atoms with Crippen molar-refractivity contribution in [1.29, 1.82) is 0 Å². The van der Waals surface area contributed by atoms with Crippen molar-refractivity contribution in [1.82, 2.24) is 0 Å². The molecule has 0 spiro atoms. The quantitative estimate of drug-likeness (QED) is 0.565. The van der Waals surface area contributed by atoms with Crippen LogP contribution in [-0.2, 0) is 4.79 Å². The molecule has 3 rings (SSSR count). The molecule has 3 aliphatic rings. The van der Waals surface area contributed by atoms with Gasteiger partial charge in [0, 0.05) is 6.42 Å². The molecule has 24 heavy (non-hydrogen) atoms. The lowest BCUT2D eigenvalue weighted by Gasteiger charge is -2.66. The van der Waals surface area contributed by atoms with Gasteiger partial charge in [0.15, 0.2) is 0 Å². The van der Waals surface area contributed by atoms with Gasteiger partial charge in [-0.15, -0.1) is 0 Å². The van der Waals surface area contributed by atoms with Gasteiger partial charge in [-0.2, -0.15) is 0 Å². The van der Waals surface area contributed by atoms with Gasteiger partial charge in [-0.25, -0.2) is 0 Å². The Morgan fingerprint density at radius 2 is 1.62 bits per heavy atom. The molecule has 0 heterocycles. The van der Waals surface area contributed by atoms with Crippen LogP contribution >= 0.6 is 0 Å². The summed E-state index contributed by atoms with van der Waals surface area (Å²) in [5, 5.41) is 0. The van der Waals surface area contributed by atoms with E-state index in [0.717, 1.165) is 36.5 Å². The van der Waals surface area contributed by atoms with Crippen molar-refractivity contribution in [3.8, 4) is 0 Å². The van der Waals surface area contributed by atoms with Crippen LogP contribution in [0.4, 0.5) is 0 Å².